The molecule has 0 spiro atoms. The quantitative estimate of drug-likeness (QED) is 0.620. The molecule has 156 valence electrons. The van der Waals surface area contributed by atoms with E-state index in [2.05, 4.69) is 12.1 Å². The molecular weight excluding hydrogens is 392 g/mol. The molecule has 0 fully saturated rings. The van der Waals surface area contributed by atoms with Crippen molar-refractivity contribution in [2.24, 2.45) is 0 Å². The van der Waals surface area contributed by atoms with Crippen LogP contribution in [0.15, 0.2) is 77.9 Å². The van der Waals surface area contributed by atoms with Crippen molar-refractivity contribution in [1.29, 1.82) is 0 Å². The minimum Gasteiger partial charge on any atom is -0.502 e. The molecule has 3 aromatic rings. The number of pyridine rings is 2. The van der Waals surface area contributed by atoms with E-state index in [-0.39, 0.29) is 24.3 Å². The monoisotopic (exact) mass is 414 g/mol. The fourth-order valence-corrected chi connectivity index (χ4v) is 4.31. The lowest BCUT2D eigenvalue weighted by molar-refractivity contribution is 0.0701. The molecule has 2 aromatic heterocycles. The fraction of sp³-hybridized carbons (Fsp3) is 0.208. The van der Waals surface area contributed by atoms with Gasteiger partial charge in [0.05, 0.1) is 5.69 Å². The van der Waals surface area contributed by atoms with Gasteiger partial charge in [0.25, 0.3) is 5.91 Å². The van der Waals surface area contributed by atoms with Crippen molar-refractivity contribution < 1.29 is 9.90 Å². The second-order valence-electron chi connectivity index (χ2n) is 7.70. The highest BCUT2D eigenvalue weighted by atomic mass is 16.3. The van der Waals surface area contributed by atoms with E-state index in [1.54, 1.807) is 22.0 Å². The van der Waals surface area contributed by atoms with Crippen LogP contribution in [0.5, 0.6) is 5.75 Å². The lowest BCUT2D eigenvalue weighted by Crippen LogP contribution is -2.55. The Morgan fingerprint density at radius 3 is 2.68 bits per heavy atom. The van der Waals surface area contributed by atoms with Crippen LogP contribution in [-0.4, -0.2) is 38.8 Å². The minimum absolute atomic E-state index is 0.0233. The molecule has 0 aliphatic carbocycles. The first kappa shape index (κ1) is 19.1. The molecule has 0 saturated carbocycles. The van der Waals surface area contributed by atoms with Gasteiger partial charge in [0.15, 0.2) is 11.4 Å². The molecule has 2 bridgehead atoms. The maximum absolute atomic E-state index is 13.2. The summed E-state index contributed by atoms with van der Waals surface area (Å²) in [5, 5.41) is 12.5. The van der Waals surface area contributed by atoms with Gasteiger partial charge in [-0.2, -0.15) is 0 Å². The van der Waals surface area contributed by atoms with Crippen molar-refractivity contribution >= 4 is 5.91 Å². The molecule has 4 heterocycles. The summed E-state index contributed by atoms with van der Waals surface area (Å²) in [5.74, 6) is -0.905. The van der Waals surface area contributed by atoms with Gasteiger partial charge < -0.3 is 10.0 Å². The van der Waals surface area contributed by atoms with E-state index >= 15 is 0 Å². The summed E-state index contributed by atoms with van der Waals surface area (Å²) in [6.07, 6.45) is 9.01. The van der Waals surface area contributed by atoms with Crippen molar-refractivity contribution in [2.75, 3.05) is 18.2 Å². The second kappa shape index (κ2) is 7.75. The maximum Gasteiger partial charge on any atom is 0.278 e. The molecule has 7 nitrogen and oxygen atoms in total. The summed E-state index contributed by atoms with van der Waals surface area (Å²) in [6, 6.07) is 15.0. The Kier molecular flexibility index (Phi) is 4.78. The van der Waals surface area contributed by atoms with E-state index in [9.17, 15) is 14.7 Å². The molecule has 1 atom stereocenters. The third-order valence-corrected chi connectivity index (χ3v) is 5.81. The third-order valence-electron chi connectivity index (χ3n) is 5.81. The highest BCUT2D eigenvalue weighted by molar-refractivity contribution is 5.96. The summed E-state index contributed by atoms with van der Waals surface area (Å²) in [5.41, 5.74) is 2.43. The smallest absolute Gasteiger partial charge is 0.278 e. The number of allylic oxidation sites excluding steroid dienone is 1. The van der Waals surface area contributed by atoms with Gasteiger partial charge in [-0.05, 0) is 30.0 Å². The summed E-state index contributed by atoms with van der Waals surface area (Å²) in [4.78, 5) is 31.7. The van der Waals surface area contributed by atoms with E-state index in [0.717, 1.165) is 29.7 Å². The standard InChI is InChI=1S/C24H22N4O3/c29-19-12-15-27-22(23(19)30)24(31)26-14-6-2-5-8-17-11-7-13-25-20(17)21(28(27)16-26)18-9-3-1-4-10-18/h1-4,6-7,9-13,15,21,30H,5,8,14,16H2/b6-2-/t21-/m1/s1. The molecule has 2 aliphatic heterocycles. The Bertz CT molecular complexity index is 1220. The zero-order chi connectivity index (χ0) is 21.4. The molecule has 7 heteroatoms. The van der Waals surface area contributed by atoms with Crippen LogP contribution in [0, 0.1) is 0 Å². The first-order valence-corrected chi connectivity index (χ1v) is 10.3. The van der Waals surface area contributed by atoms with Crippen molar-refractivity contribution in [3.05, 3.63) is 106 Å². The Morgan fingerprint density at radius 2 is 1.84 bits per heavy atom. The largest absolute Gasteiger partial charge is 0.502 e. The Hall–Kier alpha value is -3.87. The zero-order valence-electron chi connectivity index (χ0n) is 16.9. The first-order valence-electron chi connectivity index (χ1n) is 10.3. The predicted octanol–water partition coefficient (Wildman–Crippen LogP) is 2.59. The number of nitrogens with zero attached hydrogens (tertiary/aromatic N) is 4. The number of amides is 1. The first-order chi connectivity index (χ1) is 15.1. The zero-order valence-corrected chi connectivity index (χ0v) is 16.9. The lowest BCUT2D eigenvalue weighted by atomic mass is 9.96. The molecule has 1 amide bonds. The summed E-state index contributed by atoms with van der Waals surface area (Å²) in [6.45, 7) is 0.678. The average molecular weight is 414 g/mol. The molecule has 5 rings (SSSR count). The molecule has 31 heavy (non-hydrogen) atoms. The van der Waals surface area contributed by atoms with Gasteiger partial charge >= 0.3 is 0 Å². The van der Waals surface area contributed by atoms with Gasteiger partial charge in [0.1, 0.15) is 12.7 Å². The molecule has 1 N–H and O–H groups in total. The number of carbonyl (C=O) groups excluding carboxylic acids is 1. The number of carbonyl (C=O) groups is 1. The highest BCUT2D eigenvalue weighted by Crippen LogP contribution is 2.33. The number of hydrogen-bond acceptors (Lipinski definition) is 5. The Morgan fingerprint density at radius 1 is 1.00 bits per heavy atom. The lowest BCUT2D eigenvalue weighted by Gasteiger charge is -2.43. The molecule has 0 saturated heterocycles. The fourth-order valence-electron chi connectivity index (χ4n) is 4.31. The van der Waals surface area contributed by atoms with Crippen LogP contribution in [0.2, 0.25) is 0 Å². The van der Waals surface area contributed by atoms with Crippen molar-refractivity contribution in [2.45, 2.75) is 18.9 Å². The molecule has 1 aromatic carbocycles. The normalized spacial score (nSPS) is 19.2. The van der Waals surface area contributed by atoms with E-state index in [1.807, 2.05) is 47.5 Å². The predicted molar refractivity (Wildman–Crippen MR) is 116 cm³/mol. The van der Waals surface area contributed by atoms with Gasteiger partial charge in [-0.1, -0.05) is 48.6 Å². The van der Waals surface area contributed by atoms with Crippen LogP contribution in [0.25, 0.3) is 0 Å². The summed E-state index contributed by atoms with van der Waals surface area (Å²) >= 11 is 0. The van der Waals surface area contributed by atoms with Crippen LogP contribution in [0.1, 0.15) is 39.8 Å². The molecular formula is C24H22N4O3. The number of benzene rings is 1. The number of rotatable bonds is 1. The minimum atomic E-state index is -0.573. The van der Waals surface area contributed by atoms with Crippen molar-refractivity contribution in [3.8, 4) is 5.75 Å². The summed E-state index contributed by atoms with van der Waals surface area (Å²) < 4.78 is 1.60. The second-order valence-corrected chi connectivity index (χ2v) is 7.70. The van der Waals surface area contributed by atoms with Crippen LogP contribution in [0.3, 0.4) is 0 Å². The third kappa shape index (κ3) is 3.28. The SMILES string of the molecule is O=C1c2c(O)c(=O)ccn2N2CN1C/C=C\CCc1cccnc1[C@H]2c1ccccc1. The summed E-state index contributed by atoms with van der Waals surface area (Å²) in [7, 11) is 0. The van der Waals surface area contributed by atoms with Crippen LogP contribution < -0.4 is 10.4 Å². The van der Waals surface area contributed by atoms with Gasteiger partial charge in [-0.15, -0.1) is 0 Å². The molecule has 0 unspecified atom stereocenters. The van der Waals surface area contributed by atoms with Crippen LogP contribution in [0.4, 0.5) is 0 Å². The van der Waals surface area contributed by atoms with Gasteiger partial charge in [0.2, 0.25) is 5.43 Å². The van der Waals surface area contributed by atoms with Gasteiger partial charge in [0, 0.05) is 25.0 Å². The average Bonchev–Trinajstić information content (AvgIpc) is 2.82. The number of hydrogen-bond donors (Lipinski definition) is 1. The van der Waals surface area contributed by atoms with Crippen molar-refractivity contribution in [3.63, 3.8) is 0 Å². The van der Waals surface area contributed by atoms with Crippen molar-refractivity contribution in [1.82, 2.24) is 14.6 Å². The van der Waals surface area contributed by atoms with Crippen LogP contribution >= 0.6 is 0 Å². The van der Waals surface area contributed by atoms with E-state index < -0.39 is 11.2 Å². The topological polar surface area (TPSA) is 78.7 Å². The number of aromatic nitrogens is 2. The molecule has 0 radical (unpaired) electrons. The number of aromatic hydroxyl groups is 1. The highest BCUT2D eigenvalue weighted by Gasteiger charge is 2.37. The van der Waals surface area contributed by atoms with Crippen LogP contribution in [-0.2, 0) is 6.42 Å². The Balaban J connectivity index is 1.80. The van der Waals surface area contributed by atoms with Gasteiger partial charge in [-0.3, -0.25) is 24.3 Å². The van der Waals surface area contributed by atoms with E-state index in [4.69, 9.17) is 4.98 Å². The maximum atomic E-state index is 13.2. The van der Waals surface area contributed by atoms with Gasteiger partial charge in [-0.25, -0.2) is 0 Å². The Labute approximate surface area is 179 Å². The number of fused-ring (bicyclic) bond motifs is 5. The van der Waals surface area contributed by atoms with E-state index in [1.165, 1.54) is 6.07 Å². The number of aryl methyl sites for hydroxylation is 1. The molecule has 2 aliphatic rings. The van der Waals surface area contributed by atoms with E-state index in [0.29, 0.717) is 6.54 Å².